The summed E-state index contributed by atoms with van der Waals surface area (Å²) in [6, 6.07) is 1.92. The van der Waals surface area contributed by atoms with Crippen molar-refractivity contribution in [3.05, 3.63) is 18.1 Å². The van der Waals surface area contributed by atoms with Crippen molar-refractivity contribution in [2.45, 2.75) is 32.3 Å². The Labute approximate surface area is 90.0 Å². The minimum atomic E-state index is -0.0817. The van der Waals surface area contributed by atoms with Gasteiger partial charge >= 0.3 is 0 Å². The van der Waals surface area contributed by atoms with Crippen molar-refractivity contribution in [3.8, 4) is 0 Å². The number of hydrogen-bond acceptors (Lipinski definition) is 4. The van der Waals surface area contributed by atoms with Gasteiger partial charge in [0, 0.05) is 19.3 Å². The molecule has 1 saturated heterocycles. The molecule has 1 aromatic rings. The van der Waals surface area contributed by atoms with Gasteiger partial charge in [0.25, 0.3) is 0 Å². The highest BCUT2D eigenvalue weighted by atomic mass is 16.3. The lowest BCUT2D eigenvalue weighted by Gasteiger charge is -2.21. The molecule has 0 radical (unpaired) electrons. The number of aromatic nitrogens is 2. The maximum absolute atomic E-state index is 8.97. The van der Waals surface area contributed by atoms with Crippen LogP contribution in [0.5, 0.6) is 0 Å². The highest BCUT2D eigenvalue weighted by Crippen LogP contribution is 2.16. The van der Waals surface area contributed by atoms with Crippen LogP contribution in [0.2, 0.25) is 0 Å². The maximum Gasteiger partial charge on any atom is 0.156 e. The Morgan fingerprint density at radius 2 is 1.93 bits per heavy atom. The topological polar surface area (TPSA) is 49.3 Å². The number of aliphatic hydroxyl groups is 1. The highest BCUT2D eigenvalue weighted by Gasteiger charge is 2.11. The molecule has 4 nitrogen and oxygen atoms in total. The van der Waals surface area contributed by atoms with E-state index in [-0.39, 0.29) is 6.61 Å². The minimum absolute atomic E-state index is 0.0817. The van der Waals surface area contributed by atoms with Gasteiger partial charge in [0.05, 0.1) is 0 Å². The second-order valence-corrected chi connectivity index (χ2v) is 3.89. The van der Waals surface area contributed by atoms with Crippen LogP contribution >= 0.6 is 0 Å². The Bertz CT molecular complexity index is 308. The second-order valence-electron chi connectivity index (χ2n) is 3.89. The predicted molar refractivity (Wildman–Crippen MR) is 58.6 cm³/mol. The van der Waals surface area contributed by atoms with E-state index in [4.69, 9.17) is 5.11 Å². The Hall–Kier alpha value is -1.16. The summed E-state index contributed by atoms with van der Waals surface area (Å²) in [5, 5.41) is 8.97. The molecule has 2 rings (SSSR count). The van der Waals surface area contributed by atoms with Gasteiger partial charge in [-0.2, -0.15) is 0 Å². The molecule has 0 saturated carbocycles. The average Bonchev–Trinajstić information content (AvgIpc) is 2.58. The quantitative estimate of drug-likeness (QED) is 0.795. The van der Waals surface area contributed by atoms with Crippen molar-refractivity contribution in [2.75, 3.05) is 18.0 Å². The highest BCUT2D eigenvalue weighted by molar-refractivity contribution is 5.37. The molecule has 0 aromatic carbocycles. The first-order chi connectivity index (χ1) is 7.40. The lowest BCUT2D eigenvalue weighted by Crippen LogP contribution is -2.25. The molecular formula is C11H17N3O. The lowest BCUT2D eigenvalue weighted by molar-refractivity contribution is 0.271. The van der Waals surface area contributed by atoms with Crippen LogP contribution in [-0.4, -0.2) is 28.2 Å². The second kappa shape index (κ2) is 5.07. The summed E-state index contributed by atoms with van der Waals surface area (Å²) in [4.78, 5) is 10.6. The summed E-state index contributed by atoms with van der Waals surface area (Å²) in [5.74, 6) is 1.47. The minimum Gasteiger partial charge on any atom is -0.388 e. The summed E-state index contributed by atoms with van der Waals surface area (Å²) in [6.45, 7) is 2.06. The first-order valence-corrected chi connectivity index (χ1v) is 5.58. The van der Waals surface area contributed by atoms with E-state index in [1.54, 1.807) is 6.20 Å². The van der Waals surface area contributed by atoms with Crippen molar-refractivity contribution in [3.63, 3.8) is 0 Å². The van der Waals surface area contributed by atoms with Gasteiger partial charge in [-0.3, -0.25) is 0 Å². The van der Waals surface area contributed by atoms with Crippen LogP contribution in [0, 0.1) is 0 Å². The zero-order chi connectivity index (χ0) is 10.5. The molecule has 0 atom stereocenters. The van der Waals surface area contributed by atoms with Crippen LogP contribution in [0.4, 0.5) is 5.82 Å². The summed E-state index contributed by atoms with van der Waals surface area (Å²) >= 11 is 0. The van der Waals surface area contributed by atoms with Gasteiger partial charge in [-0.25, -0.2) is 9.97 Å². The van der Waals surface area contributed by atoms with E-state index in [0.29, 0.717) is 5.82 Å². The molecule has 1 N–H and O–H groups in total. The molecule has 1 fully saturated rings. The van der Waals surface area contributed by atoms with E-state index in [2.05, 4.69) is 14.9 Å². The molecule has 0 bridgehead atoms. The van der Waals surface area contributed by atoms with E-state index < -0.39 is 0 Å². The van der Waals surface area contributed by atoms with Crippen LogP contribution in [0.3, 0.4) is 0 Å². The van der Waals surface area contributed by atoms with Crippen molar-refractivity contribution < 1.29 is 5.11 Å². The molecule has 0 unspecified atom stereocenters. The molecule has 82 valence electrons. The Morgan fingerprint density at radius 1 is 1.20 bits per heavy atom. The van der Waals surface area contributed by atoms with Crippen molar-refractivity contribution >= 4 is 5.82 Å². The molecule has 2 heterocycles. The van der Waals surface area contributed by atoms with Crippen LogP contribution in [0.25, 0.3) is 0 Å². The normalized spacial score (nSPS) is 17.5. The average molecular weight is 207 g/mol. The Balaban J connectivity index is 2.12. The summed E-state index contributed by atoms with van der Waals surface area (Å²) in [7, 11) is 0. The van der Waals surface area contributed by atoms with Crippen LogP contribution in [0.1, 0.15) is 31.5 Å². The van der Waals surface area contributed by atoms with E-state index in [1.807, 2.05) is 6.07 Å². The number of nitrogens with zero attached hydrogens (tertiary/aromatic N) is 3. The van der Waals surface area contributed by atoms with Gasteiger partial charge in [0.2, 0.25) is 0 Å². The molecule has 4 heteroatoms. The number of anilines is 1. The SMILES string of the molecule is OCc1nccc(N2CCCCCC2)n1. The lowest BCUT2D eigenvalue weighted by atomic mass is 10.2. The Morgan fingerprint density at radius 3 is 2.60 bits per heavy atom. The zero-order valence-electron chi connectivity index (χ0n) is 8.89. The van der Waals surface area contributed by atoms with Crippen molar-refractivity contribution in [1.82, 2.24) is 9.97 Å². The fourth-order valence-electron chi connectivity index (χ4n) is 1.94. The fraction of sp³-hybridized carbons (Fsp3) is 0.636. The van der Waals surface area contributed by atoms with Crippen LogP contribution in [-0.2, 0) is 6.61 Å². The molecule has 0 amide bonds. The van der Waals surface area contributed by atoms with Gasteiger partial charge in [-0.05, 0) is 18.9 Å². The first-order valence-electron chi connectivity index (χ1n) is 5.58. The van der Waals surface area contributed by atoms with E-state index in [1.165, 1.54) is 25.7 Å². The molecule has 0 aliphatic carbocycles. The molecule has 1 aliphatic heterocycles. The largest absolute Gasteiger partial charge is 0.388 e. The van der Waals surface area contributed by atoms with Gasteiger partial charge in [0.1, 0.15) is 12.4 Å². The monoisotopic (exact) mass is 207 g/mol. The molecule has 15 heavy (non-hydrogen) atoms. The number of rotatable bonds is 2. The van der Waals surface area contributed by atoms with Crippen LogP contribution in [0.15, 0.2) is 12.3 Å². The van der Waals surface area contributed by atoms with Crippen molar-refractivity contribution in [2.24, 2.45) is 0 Å². The maximum atomic E-state index is 8.97. The van der Waals surface area contributed by atoms with Crippen LogP contribution < -0.4 is 4.90 Å². The number of aliphatic hydroxyl groups excluding tert-OH is 1. The first kappa shape index (κ1) is 10.4. The van der Waals surface area contributed by atoms with E-state index >= 15 is 0 Å². The standard InChI is InChI=1S/C11H17N3O/c15-9-10-12-6-5-11(13-10)14-7-3-1-2-4-8-14/h5-6,15H,1-4,7-9H2. The number of hydrogen-bond donors (Lipinski definition) is 1. The fourth-order valence-corrected chi connectivity index (χ4v) is 1.94. The van der Waals surface area contributed by atoms with Gasteiger partial charge in [0.15, 0.2) is 5.82 Å². The molecule has 0 spiro atoms. The van der Waals surface area contributed by atoms with Gasteiger partial charge in [-0.1, -0.05) is 12.8 Å². The summed E-state index contributed by atoms with van der Waals surface area (Å²) in [5.41, 5.74) is 0. The smallest absolute Gasteiger partial charge is 0.156 e. The summed E-state index contributed by atoms with van der Waals surface area (Å²) in [6.07, 6.45) is 6.82. The third-order valence-corrected chi connectivity index (χ3v) is 2.76. The van der Waals surface area contributed by atoms with Gasteiger partial charge in [-0.15, -0.1) is 0 Å². The molecular weight excluding hydrogens is 190 g/mol. The molecule has 1 aromatic heterocycles. The Kier molecular flexibility index (Phi) is 3.50. The van der Waals surface area contributed by atoms with Gasteiger partial charge < -0.3 is 10.0 Å². The third kappa shape index (κ3) is 2.65. The third-order valence-electron chi connectivity index (χ3n) is 2.76. The summed E-state index contributed by atoms with van der Waals surface area (Å²) < 4.78 is 0. The zero-order valence-corrected chi connectivity index (χ0v) is 8.89. The van der Waals surface area contributed by atoms with E-state index in [9.17, 15) is 0 Å². The van der Waals surface area contributed by atoms with Crippen molar-refractivity contribution in [1.29, 1.82) is 0 Å². The predicted octanol–water partition coefficient (Wildman–Crippen LogP) is 1.35. The van der Waals surface area contributed by atoms with E-state index in [0.717, 1.165) is 18.9 Å². The molecule has 1 aliphatic rings.